The van der Waals surface area contributed by atoms with Gasteiger partial charge in [0.25, 0.3) is 0 Å². The standard InChI is InChI=1S/C22H21N5O3/c1-3-21(28)27-13-15(14-27)7-17-11-23-12-20(26-17)16-9-24-22(25-10-16)30-19-6-4-5-18(8-19)29-2/h3-6,8-12,15H,1,7,13-14H2,2H3. The summed E-state index contributed by atoms with van der Waals surface area (Å²) in [4.78, 5) is 30.8. The van der Waals surface area contributed by atoms with Gasteiger partial charge in [-0.2, -0.15) is 0 Å². The van der Waals surface area contributed by atoms with Crippen LogP contribution >= 0.6 is 0 Å². The molecule has 0 bridgehead atoms. The number of hydrogen-bond acceptors (Lipinski definition) is 7. The zero-order valence-electron chi connectivity index (χ0n) is 16.6. The van der Waals surface area contributed by atoms with Crippen LogP contribution in [0.3, 0.4) is 0 Å². The van der Waals surface area contributed by atoms with Crippen molar-refractivity contribution in [2.75, 3.05) is 20.2 Å². The van der Waals surface area contributed by atoms with Crippen LogP contribution in [-0.4, -0.2) is 50.9 Å². The second kappa shape index (κ2) is 8.69. The number of rotatable bonds is 7. The molecule has 152 valence electrons. The first-order chi connectivity index (χ1) is 14.6. The fraction of sp³-hybridized carbons (Fsp3) is 0.227. The first-order valence-electron chi connectivity index (χ1n) is 9.51. The smallest absolute Gasteiger partial charge is 0.321 e. The highest BCUT2D eigenvalue weighted by molar-refractivity contribution is 5.87. The highest BCUT2D eigenvalue weighted by Crippen LogP contribution is 2.24. The minimum Gasteiger partial charge on any atom is -0.497 e. The Kier molecular flexibility index (Phi) is 5.65. The lowest BCUT2D eigenvalue weighted by molar-refractivity contribution is -0.132. The van der Waals surface area contributed by atoms with E-state index in [1.54, 1.807) is 48.9 Å². The molecular formula is C22H21N5O3. The number of ether oxygens (including phenoxy) is 2. The third kappa shape index (κ3) is 4.43. The number of amides is 1. The minimum absolute atomic E-state index is 0.0283. The third-order valence-electron chi connectivity index (χ3n) is 4.80. The van der Waals surface area contributed by atoms with E-state index in [0.29, 0.717) is 23.1 Å². The van der Waals surface area contributed by atoms with Gasteiger partial charge in [0.1, 0.15) is 11.5 Å². The van der Waals surface area contributed by atoms with Gasteiger partial charge in [0.05, 0.1) is 24.7 Å². The number of carbonyl (C=O) groups is 1. The van der Waals surface area contributed by atoms with Gasteiger partial charge >= 0.3 is 6.01 Å². The summed E-state index contributed by atoms with van der Waals surface area (Å²) in [6.07, 6.45) is 8.86. The van der Waals surface area contributed by atoms with Crippen molar-refractivity contribution in [3.8, 4) is 28.8 Å². The van der Waals surface area contributed by atoms with Gasteiger partial charge in [0.15, 0.2) is 0 Å². The van der Waals surface area contributed by atoms with Crippen LogP contribution < -0.4 is 9.47 Å². The van der Waals surface area contributed by atoms with E-state index in [-0.39, 0.29) is 11.9 Å². The van der Waals surface area contributed by atoms with Crippen LogP contribution in [-0.2, 0) is 11.2 Å². The first kappa shape index (κ1) is 19.5. The average Bonchev–Trinajstić information content (AvgIpc) is 2.76. The molecule has 8 heteroatoms. The topological polar surface area (TPSA) is 90.3 Å². The normalized spacial score (nSPS) is 13.4. The second-order valence-electron chi connectivity index (χ2n) is 6.95. The number of benzene rings is 1. The Hall–Kier alpha value is -3.81. The Balaban J connectivity index is 1.40. The van der Waals surface area contributed by atoms with E-state index in [1.807, 2.05) is 12.1 Å². The summed E-state index contributed by atoms with van der Waals surface area (Å²) >= 11 is 0. The predicted molar refractivity (Wildman–Crippen MR) is 110 cm³/mol. The Morgan fingerprint density at radius 3 is 2.70 bits per heavy atom. The summed E-state index contributed by atoms with van der Waals surface area (Å²) in [6.45, 7) is 4.95. The van der Waals surface area contributed by atoms with Gasteiger partial charge in [0.2, 0.25) is 5.91 Å². The van der Waals surface area contributed by atoms with E-state index in [2.05, 4.69) is 26.5 Å². The molecule has 3 heterocycles. The number of likely N-dealkylation sites (tertiary alicyclic amines) is 1. The molecule has 0 N–H and O–H groups in total. The van der Waals surface area contributed by atoms with Crippen molar-refractivity contribution in [3.05, 3.63) is 67.4 Å². The molecule has 1 saturated heterocycles. The molecular weight excluding hydrogens is 382 g/mol. The van der Waals surface area contributed by atoms with Crippen molar-refractivity contribution in [3.63, 3.8) is 0 Å². The molecule has 8 nitrogen and oxygen atoms in total. The minimum atomic E-state index is -0.0283. The molecule has 3 aromatic rings. The molecule has 0 unspecified atom stereocenters. The van der Waals surface area contributed by atoms with Crippen LogP contribution in [0.5, 0.6) is 17.5 Å². The number of nitrogens with zero attached hydrogens (tertiary/aromatic N) is 5. The molecule has 1 amide bonds. The molecule has 1 aliphatic heterocycles. The van der Waals surface area contributed by atoms with Gasteiger partial charge in [-0.1, -0.05) is 12.6 Å². The molecule has 30 heavy (non-hydrogen) atoms. The summed E-state index contributed by atoms with van der Waals surface area (Å²) in [5.41, 5.74) is 2.32. The van der Waals surface area contributed by atoms with Crippen molar-refractivity contribution in [1.29, 1.82) is 0 Å². The number of carbonyl (C=O) groups excluding carboxylic acids is 1. The fourth-order valence-corrected chi connectivity index (χ4v) is 3.22. The predicted octanol–water partition coefficient (Wildman–Crippen LogP) is 2.92. The van der Waals surface area contributed by atoms with Crippen molar-refractivity contribution >= 4 is 5.91 Å². The van der Waals surface area contributed by atoms with Gasteiger partial charge in [-0.3, -0.25) is 9.78 Å². The molecule has 0 radical (unpaired) electrons. The third-order valence-corrected chi connectivity index (χ3v) is 4.80. The summed E-state index contributed by atoms with van der Waals surface area (Å²) in [6, 6.07) is 7.46. The lowest BCUT2D eigenvalue weighted by Gasteiger charge is -2.38. The molecule has 2 aromatic heterocycles. The van der Waals surface area contributed by atoms with E-state index >= 15 is 0 Å². The van der Waals surface area contributed by atoms with E-state index < -0.39 is 0 Å². The molecule has 0 saturated carbocycles. The Labute approximate surface area is 174 Å². The average molecular weight is 403 g/mol. The maximum atomic E-state index is 11.6. The van der Waals surface area contributed by atoms with Gasteiger partial charge in [-0.25, -0.2) is 15.0 Å². The van der Waals surface area contributed by atoms with Crippen LogP contribution in [0.2, 0.25) is 0 Å². The monoisotopic (exact) mass is 403 g/mol. The van der Waals surface area contributed by atoms with Gasteiger partial charge in [0, 0.05) is 43.3 Å². The van der Waals surface area contributed by atoms with Gasteiger partial charge < -0.3 is 14.4 Å². The van der Waals surface area contributed by atoms with Crippen LogP contribution in [0.25, 0.3) is 11.3 Å². The van der Waals surface area contributed by atoms with Crippen LogP contribution in [0, 0.1) is 5.92 Å². The maximum absolute atomic E-state index is 11.6. The Morgan fingerprint density at radius 1 is 1.20 bits per heavy atom. The summed E-state index contributed by atoms with van der Waals surface area (Å²) < 4.78 is 10.9. The highest BCUT2D eigenvalue weighted by Gasteiger charge is 2.29. The maximum Gasteiger partial charge on any atom is 0.321 e. The summed E-state index contributed by atoms with van der Waals surface area (Å²) in [5, 5.41) is 0. The SMILES string of the molecule is C=CC(=O)N1CC(Cc2cncc(-c3cnc(Oc4cccc(OC)c4)nc3)n2)C1. The van der Waals surface area contributed by atoms with E-state index in [4.69, 9.17) is 9.47 Å². The lowest BCUT2D eigenvalue weighted by atomic mass is 9.94. The number of aromatic nitrogens is 4. The van der Waals surface area contributed by atoms with Crippen molar-refractivity contribution in [2.24, 2.45) is 5.92 Å². The number of hydrogen-bond donors (Lipinski definition) is 0. The van der Waals surface area contributed by atoms with E-state index in [9.17, 15) is 4.79 Å². The van der Waals surface area contributed by atoms with Crippen LogP contribution in [0.1, 0.15) is 5.69 Å². The number of methoxy groups -OCH3 is 1. The first-order valence-corrected chi connectivity index (χ1v) is 9.51. The van der Waals surface area contributed by atoms with E-state index in [0.717, 1.165) is 30.8 Å². The Bertz CT molecular complexity index is 1050. The molecule has 1 aromatic carbocycles. The summed E-state index contributed by atoms with van der Waals surface area (Å²) in [7, 11) is 1.60. The lowest BCUT2D eigenvalue weighted by Crippen LogP contribution is -2.50. The molecule has 1 fully saturated rings. The summed E-state index contributed by atoms with van der Waals surface area (Å²) in [5.74, 6) is 1.64. The Morgan fingerprint density at radius 2 is 1.97 bits per heavy atom. The van der Waals surface area contributed by atoms with Crippen molar-refractivity contribution < 1.29 is 14.3 Å². The van der Waals surface area contributed by atoms with Crippen molar-refractivity contribution in [1.82, 2.24) is 24.8 Å². The van der Waals surface area contributed by atoms with Gasteiger partial charge in [-0.15, -0.1) is 0 Å². The largest absolute Gasteiger partial charge is 0.497 e. The highest BCUT2D eigenvalue weighted by atomic mass is 16.5. The van der Waals surface area contributed by atoms with Crippen LogP contribution in [0.4, 0.5) is 0 Å². The zero-order valence-corrected chi connectivity index (χ0v) is 16.6. The molecule has 0 atom stereocenters. The molecule has 0 aliphatic carbocycles. The second-order valence-corrected chi connectivity index (χ2v) is 6.95. The zero-order chi connectivity index (χ0) is 20.9. The molecule has 1 aliphatic rings. The van der Waals surface area contributed by atoms with E-state index in [1.165, 1.54) is 6.08 Å². The fourth-order valence-electron chi connectivity index (χ4n) is 3.22. The van der Waals surface area contributed by atoms with Crippen LogP contribution in [0.15, 0.2) is 61.7 Å². The molecule has 0 spiro atoms. The molecule has 4 rings (SSSR count). The van der Waals surface area contributed by atoms with Gasteiger partial charge in [-0.05, 0) is 30.5 Å². The quantitative estimate of drug-likeness (QED) is 0.560. The van der Waals surface area contributed by atoms with Crippen molar-refractivity contribution in [2.45, 2.75) is 6.42 Å².